The van der Waals surface area contributed by atoms with Crippen molar-refractivity contribution >= 4 is 23.6 Å². The average molecular weight is 444 g/mol. The van der Waals surface area contributed by atoms with Gasteiger partial charge in [0.25, 0.3) is 0 Å². The van der Waals surface area contributed by atoms with E-state index in [9.17, 15) is 4.79 Å². The van der Waals surface area contributed by atoms with E-state index in [2.05, 4.69) is 20.7 Å². The Kier molecular flexibility index (Phi) is 6.57. The summed E-state index contributed by atoms with van der Waals surface area (Å²) in [5.74, 6) is 1.64. The Hall–Kier alpha value is -2.85. The molecule has 9 nitrogen and oxygen atoms in total. The first-order valence-electron chi connectivity index (χ1n) is 10.1. The second-order valence-electron chi connectivity index (χ2n) is 7.36. The number of anilines is 1. The van der Waals surface area contributed by atoms with E-state index >= 15 is 0 Å². The molecule has 0 bridgehead atoms. The minimum Gasteiger partial charge on any atom is -0.497 e. The molecule has 4 rings (SSSR count). The minimum absolute atomic E-state index is 0.105. The average Bonchev–Trinajstić information content (AvgIpc) is 3.51. The van der Waals surface area contributed by atoms with Crippen LogP contribution in [0, 0.1) is 6.92 Å². The molecule has 1 saturated heterocycles. The van der Waals surface area contributed by atoms with Crippen LogP contribution in [0.25, 0.3) is 11.4 Å². The van der Waals surface area contributed by atoms with Crippen LogP contribution in [0.3, 0.4) is 0 Å². The first-order chi connectivity index (χ1) is 15.0. The number of methoxy groups -OCH3 is 1. The van der Waals surface area contributed by atoms with E-state index in [4.69, 9.17) is 14.0 Å². The van der Waals surface area contributed by atoms with Gasteiger partial charge in [0.15, 0.2) is 11.0 Å². The molecular weight excluding hydrogens is 418 g/mol. The monoisotopic (exact) mass is 443 g/mol. The van der Waals surface area contributed by atoms with E-state index in [0.717, 1.165) is 36.6 Å². The molecule has 0 radical (unpaired) electrons. The zero-order chi connectivity index (χ0) is 21.8. The number of benzene rings is 1. The van der Waals surface area contributed by atoms with E-state index in [1.165, 1.54) is 11.8 Å². The number of carbonyl (C=O) groups is 1. The van der Waals surface area contributed by atoms with E-state index in [0.29, 0.717) is 23.3 Å². The normalized spacial score (nSPS) is 16.9. The van der Waals surface area contributed by atoms with Crippen LogP contribution in [-0.2, 0) is 16.1 Å². The quantitative estimate of drug-likeness (QED) is 0.527. The van der Waals surface area contributed by atoms with Crippen molar-refractivity contribution in [3.63, 3.8) is 0 Å². The zero-order valence-electron chi connectivity index (χ0n) is 17.7. The van der Waals surface area contributed by atoms with Crippen molar-refractivity contribution < 1.29 is 18.8 Å². The number of carbonyl (C=O) groups excluding carboxylic acids is 1. The lowest BCUT2D eigenvalue weighted by Gasteiger charge is -2.16. The highest BCUT2D eigenvalue weighted by molar-refractivity contribution is 8.00. The molecule has 0 spiro atoms. The Balaban J connectivity index is 1.55. The number of amides is 1. The fraction of sp³-hybridized carbons (Fsp3) is 0.429. The van der Waals surface area contributed by atoms with Crippen LogP contribution in [0.5, 0.6) is 5.75 Å². The van der Waals surface area contributed by atoms with Crippen LogP contribution in [0.2, 0.25) is 0 Å². The second kappa shape index (κ2) is 9.52. The van der Waals surface area contributed by atoms with E-state index in [1.807, 2.05) is 35.8 Å². The molecule has 2 atom stereocenters. The van der Waals surface area contributed by atoms with E-state index in [1.54, 1.807) is 20.1 Å². The second-order valence-corrected chi connectivity index (χ2v) is 8.67. The maximum Gasteiger partial charge on any atom is 0.240 e. The summed E-state index contributed by atoms with van der Waals surface area (Å²) in [5.41, 5.74) is 1.63. The summed E-state index contributed by atoms with van der Waals surface area (Å²) in [4.78, 5) is 12.6. The Morgan fingerprint density at radius 2 is 2.16 bits per heavy atom. The maximum absolute atomic E-state index is 12.6. The lowest BCUT2D eigenvalue weighted by molar-refractivity contribution is -0.115. The first kappa shape index (κ1) is 21.4. The van der Waals surface area contributed by atoms with Gasteiger partial charge in [-0.3, -0.25) is 14.7 Å². The van der Waals surface area contributed by atoms with Crippen molar-refractivity contribution in [1.29, 1.82) is 0 Å². The molecule has 1 N–H and O–H groups in total. The smallest absolute Gasteiger partial charge is 0.240 e. The number of aryl methyl sites for hydroxylation is 1. The Morgan fingerprint density at radius 1 is 1.35 bits per heavy atom. The van der Waals surface area contributed by atoms with Gasteiger partial charge >= 0.3 is 0 Å². The molecule has 31 heavy (non-hydrogen) atoms. The largest absolute Gasteiger partial charge is 0.497 e. The Bertz CT molecular complexity index is 1030. The third-order valence-corrected chi connectivity index (χ3v) is 6.08. The zero-order valence-corrected chi connectivity index (χ0v) is 18.5. The maximum atomic E-state index is 12.6. The number of hydrogen-bond donors (Lipinski definition) is 1. The molecule has 10 heteroatoms. The van der Waals surface area contributed by atoms with Gasteiger partial charge in [-0.15, -0.1) is 10.2 Å². The van der Waals surface area contributed by atoms with Crippen molar-refractivity contribution in [2.24, 2.45) is 0 Å². The molecule has 2 aromatic heterocycles. The topological polar surface area (TPSA) is 104 Å². The van der Waals surface area contributed by atoms with Gasteiger partial charge in [0.2, 0.25) is 11.8 Å². The summed E-state index contributed by atoms with van der Waals surface area (Å²) < 4.78 is 18.2. The van der Waals surface area contributed by atoms with E-state index < -0.39 is 5.25 Å². The summed E-state index contributed by atoms with van der Waals surface area (Å²) >= 11 is 1.35. The SMILES string of the molecule is COc1ccc(-c2nnc(S[C@H](C)C(=O)Nc3cc(C)no3)n2C[C@H]2CCCO2)cc1. The third kappa shape index (κ3) is 5.08. The lowest BCUT2D eigenvalue weighted by Crippen LogP contribution is -2.23. The number of aromatic nitrogens is 4. The molecule has 0 aliphatic carbocycles. The predicted molar refractivity (Wildman–Crippen MR) is 116 cm³/mol. The molecule has 164 valence electrons. The van der Waals surface area contributed by atoms with Crippen molar-refractivity contribution in [1.82, 2.24) is 19.9 Å². The van der Waals surface area contributed by atoms with Crippen molar-refractivity contribution in [2.75, 3.05) is 19.0 Å². The number of rotatable bonds is 8. The fourth-order valence-electron chi connectivity index (χ4n) is 3.34. The van der Waals surface area contributed by atoms with Crippen LogP contribution in [0.1, 0.15) is 25.5 Å². The third-order valence-electron chi connectivity index (χ3n) is 5.00. The summed E-state index contributed by atoms with van der Waals surface area (Å²) in [7, 11) is 1.64. The first-order valence-corrected chi connectivity index (χ1v) is 11.0. The molecule has 1 fully saturated rings. The van der Waals surface area contributed by atoms with Gasteiger partial charge in [0, 0.05) is 18.2 Å². The fourth-order valence-corrected chi connectivity index (χ4v) is 4.20. The highest BCUT2D eigenvalue weighted by atomic mass is 32.2. The van der Waals surface area contributed by atoms with Crippen LogP contribution in [-0.4, -0.2) is 50.9 Å². The molecule has 3 heterocycles. The van der Waals surface area contributed by atoms with Crippen molar-refractivity contribution in [3.8, 4) is 17.1 Å². The number of nitrogens with zero attached hydrogens (tertiary/aromatic N) is 4. The molecule has 0 unspecified atom stereocenters. The van der Waals surface area contributed by atoms with Crippen LogP contribution >= 0.6 is 11.8 Å². The van der Waals surface area contributed by atoms with Gasteiger partial charge in [-0.05, 0) is 51.0 Å². The Labute approximate surface area is 184 Å². The van der Waals surface area contributed by atoms with Crippen molar-refractivity contribution in [3.05, 3.63) is 36.0 Å². The number of hydrogen-bond acceptors (Lipinski definition) is 8. The molecule has 1 aliphatic rings. The van der Waals surface area contributed by atoms with Gasteiger partial charge in [-0.25, -0.2) is 0 Å². The van der Waals surface area contributed by atoms with Crippen LogP contribution in [0.15, 0.2) is 40.0 Å². The summed E-state index contributed by atoms with van der Waals surface area (Å²) in [5, 5.41) is 15.6. The summed E-state index contributed by atoms with van der Waals surface area (Å²) in [6.45, 7) is 5.02. The van der Waals surface area contributed by atoms with Gasteiger partial charge in [0.05, 0.1) is 30.7 Å². The standard InChI is InChI=1S/C21H25N5O4S/c1-13-11-18(30-25-13)22-20(27)14(2)31-21-24-23-19(15-6-8-16(28-3)9-7-15)26(21)12-17-5-4-10-29-17/h6-9,11,14,17H,4-5,10,12H2,1-3H3,(H,22,27)/t14-,17-/m1/s1. The number of ether oxygens (including phenoxy) is 2. The predicted octanol–water partition coefficient (Wildman–Crippen LogP) is 3.55. The summed E-state index contributed by atoms with van der Waals surface area (Å²) in [6, 6.07) is 9.36. The molecule has 1 aliphatic heterocycles. The number of nitrogens with one attached hydrogen (secondary N) is 1. The number of thioether (sulfide) groups is 1. The van der Waals surface area contributed by atoms with Gasteiger partial charge in [-0.2, -0.15) is 0 Å². The van der Waals surface area contributed by atoms with Crippen LogP contribution in [0.4, 0.5) is 5.88 Å². The van der Waals surface area contributed by atoms with Gasteiger partial charge in [-0.1, -0.05) is 16.9 Å². The molecule has 1 amide bonds. The molecule has 1 aromatic carbocycles. The minimum atomic E-state index is -0.415. The molecular formula is C21H25N5O4S. The molecule has 3 aromatic rings. The van der Waals surface area contributed by atoms with Crippen molar-refractivity contribution in [2.45, 2.75) is 49.7 Å². The highest BCUT2D eigenvalue weighted by Gasteiger charge is 2.25. The lowest BCUT2D eigenvalue weighted by atomic mass is 10.2. The molecule has 0 saturated carbocycles. The van der Waals surface area contributed by atoms with E-state index in [-0.39, 0.29) is 12.0 Å². The Morgan fingerprint density at radius 3 is 2.81 bits per heavy atom. The van der Waals surface area contributed by atoms with Gasteiger partial charge < -0.3 is 14.0 Å². The summed E-state index contributed by atoms with van der Waals surface area (Å²) in [6.07, 6.45) is 2.14. The highest BCUT2D eigenvalue weighted by Crippen LogP contribution is 2.30. The van der Waals surface area contributed by atoms with Crippen LogP contribution < -0.4 is 10.1 Å². The van der Waals surface area contributed by atoms with Gasteiger partial charge in [0.1, 0.15) is 5.75 Å².